The van der Waals surface area contributed by atoms with E-state index in [0.717, 1.165) is 0 Å². The molecule has 4 heteroatoms. The van der Waals surface area contributed by atoms with Crippen molar-refractivity contribution in [3.05, 3.63) is 77.6 Å². The molecule has 20 heavy (non-hydrogen) atoms. The standard InChI is InChI=1S/C16H15F2NO/c1-2-3-6-11-12(7-4-8-13(11)17)16(20)14-9-5-10-15(18)19-14/h2,4-5,7-10,16,20H,1,3,6H2. The summed E-state index contributed by atoms with van der Waals surface area (Å²) >= 11 is 0. The summed E-state index contributed by atoms with van der Waals surface area (Å²) in [5.41, 5.74) is 0.978. The average molecular weight is 275 g/mol. The van der Waals surface area contributed by atoms with Crippen LogP contribution in [0, 0.1) is 11.8 Å². The number of allylic oxidation sites excluding steroid dienone is 1. The smallest absolute Gasteiger partial charge is 0.213 e. The van der Waals surface area contributed by atoms with Gasteiger partial charge in [-0.3, -0.25) is 0 Å². The lowest BCUT2D eigenvalue weighted by Crippen LogP contribution is -2.08. The van der Waals surface area contributed by atoms with Crippen molar-refractivity contribution in [2.45, 2.75) is 18.9 Å². The Bertz CT molecular complexity index is 613. The van der Waals surface area contributed by atoms with Gasteiger partial charge in [0.15, 0.2) is 0 Å². The van der Waals surface area contributed by atoms with Crippen LogP contribution in [0.2, 0.25) is 0 Å². The molecule has 0 fully saturated rings. The number of hydrogen-bond donors (Lipinski definition) is 1. The van der Waals surface area contributed by atoms with Crippen molar-refractivity contribution >= 4 is 0 Å². The van der Waals surface area contributed by atoms with Crippen molar-refractivity contribution in [2.24, 2.45) is 0 Å². The zero-order chi connectivity index (χ0) is 14.5. The van der Waals surface area contributed by atoms with Crippen LogP contribution in [0.15, 0.2) is 49.1 Å². The van der Waals surface area contributed by atoms with Crippen molar-refractivity contribution in [2.75, 3.05) is 0 Å². The quantitative estimate of drug-likeness (QED) is 0.668. The molecule has 1 heterocycles. The van der Waals surface area contributed by atoms with Crippen LogP contribution in [0.4, 0.5) is 8.78 Å². The second-order valence-electron chi connectivity index (χ2n) is 4.42. The van der Waals surface area contributed by atoms with Gasteiger partial charge < -0.3 is 5.11 Å². The van der Waals surface area contributed by atoms with Gasteiger partial charge in [0.05, 0.1) is 5.69 Å². The summed E-state index contributed by atoms with van der Waals surface area (Å²) in [5.74, 6) is -1.06. The van der Waals surface area contributed by atoms with Gasteiger partial charge in [-0.15, -0.1) is 6.58 Å². The molecule has 104 valence electrons. The van der Waals surface area contributed by atoms with Crippen LogP contribution in [0.1, 0.15) is 29.3 Å². The number of benzene rings is 1. The summed E-state index contributed by atoms with van der Waals surface area (Å²) in [6, 6.07) is 8.65. The summed E-state index contributed by atoms with van der Waals surface area (Å²) in [7, 11) is 0. The molecule has 1 aromatic heterocycles. The highest BCUT2D eigenvalue weighted by Gasteiger charge is 2.18. The van der Waals surface area contributed by atoms with Crippen molar-refractivity contribution in [1.29, 1.82) is 0 Å². The number of rotatable bonds is 5. The van der Waals surface area contributed by atoms with Gasteiger partial charge in [0.1, 0.15) is 11.9 Å². The normalized spacial score (nSPS) is 12.2. The minimum Gasteiger partial charge on any atom is -0.382 e. The maximum Gasteiger partial charge on any atom is 0.213 e. The molecule has 0 aliphatic heterocycles. The lowest BCUT2D eigenvalue weighted by atomic mass is 9.96. The molecule has 2 rings (SSSR count). The van der Waals surface area contributed by atoms with Crippen molar-refractivity contribution in [3.63, 3.8) is 0 Å². The van der Waals surface area contributed by atoms with Crippen LogP contribution >= 0.6 is 0 Å². The SMILES string of the molecule is C=CCCc1c(F)cccc1C(O)c1cccc(F)n1. The summed E-state index contributed by atoms with van der Waals surface area (Å²) < 4.78 is 27.0. The van der Waals surface area contributed by atoms with Gasteiger partial charge in [-0.25, -0.2) is 9.37 Å². The van der Waals surface area contributed by atoms with E-state index in [1.165, 1.54) is 30.3 Å². The maximum atomic E-state index is 13.9. The fraction of sp³-hybridized carbons (Fsp3) is 0.188. The summed E-state index contributed by atoms with van der Waals surface area (Å²) in [6.45, 7) is 3.60. The van der Waals surface area contributed by atoms with E-state index >= 15 is 0 Å². The molecular formula is C16H15F2NO. The first-order valence-electron chi connectivity index (χ1n) is 6.32. The van der Waals surface area contributed by atoms with Crippen LogP contribution < -0.4 is 0 Å². The van der Waals surface area contributed by atoms with E-state index in [9.17, 15) is 13.9 Å². The highest BCUT2D eigenvalue weighted by Crippen LogP contribution is 2.26. The number of pyridine rings is 1. The number of halogens is 2. The molecule has 2 aromatic rings. The molecule has 0 aliphatic carbocycles. The molecule has 0 saturated heterocycles. The molecule has 0 amide bonds. The number of aliphatic hydroxyl groups is 1. The van der Waals surface area contributed by atoms with Crippen molar-refractivity contribution < 1.29 is 13.9 Å². The Kier molecular flexibility index (Phi) is 4.58. The number of nitrogens with zero attached hydrogens (tertiary/aromatic N) is 1. The third-order valence-electron chi connectivity index (χ3n) is 3.06. The van der Waals surface area contributed by atoms with E-state index in [0.29, 0.717) is 24.0 Å². The number of aromatic nitrogens is 1. The zero-order valence-electron chi connectivity index (χ0n) is 10.9. The molecule has 2 nitrogen and oxygen atoms in total. The lowest BCUT2D eigenvalue weighted by Gasteiger charge is -2.15. The Balaban J connectivity index is 2.40. The van der Waals surface area contributed by atoms with E-state index in [1.807, 2.05) is 0 Å². The van der Waals surface area contributed by atoms with Gasteiger partial charge in [0.25, 0.3) is 0 Å². The van der Waals surface area contributed by atoms with Crippen LogP contribution in [-0.2, 0) is 6.42 Å². The minimum absolute atomic E-state index is 0.162. The van der Waals surface area contributed by atoms with Gasteiger partial charge in [0.2, 0.25) is 5.95 Å². The molecule has 0 saturated carbocycles. The van der Waals surface area contributed by atoms with E-state index < -0.39 is 12.1 Å². The van der Waals surface area contributed by atoms with E-state index in [1.54, 1.807) is 12.1 Å². The van der Waals surface area contributed by atoms with E-state index in [-0.39, 0.29) is 11.5 Å². The minimum atomic E-state index is -1.15. The number of hydrogen-bond acceptors (Lipinski definition) is 2. The fourth-order valence-electron chi connectivity index (χ4n) is 2.08. The predicted octanol–water partition coefficient (Wildman–Crippen LogP) is 3.56. The molecule has 0 radical (unpaired) electrons. The van der Waals surface area contributed by atoms with Gasteiger partial charge in [0, 0.05) is 0 Å². The Morgan fingerprint density at radius 1 is 1.20 bits per heavy atom. The van der Waals surface area contributed by atoms with Gasteiger partial charge in [-0.05, 0) is 42.2 Å². The van der Waals surface area contributed by atoms with Crippen LogP contribution in [-0.4, -0.2) is 10.1 Å². The first-order valence-corrected chi connectivity index (χ1v) is 6.32. The van der Waals surface area contributed by atoms with Gasteiger partial charge >= 0.3 is 0 Å². The topological polar surface area (TPSA) is 33.1 Å². The molecule has 1 atom stereocenters. The molecule has 1 unspecified atom stereocenters. The lowest BCUT2D eigenvalue weighted by molar-refractivity contribution is 0.212. The Hall–Kier alpha value is -2.07. The molecule has 1 N–H and O–H groups in total. The fourth-order valence-corrected chi connectivity index (χ4v) is 2.08. The van der Waals surface area contributed by atoms with Crippen LogP contribution in [0.5, 0.6) is 0 Å². The molecule has 0 spiro atoms. The summed E-state index contributed by atoms with van der Waals surface area (Å²) in [6.07, 6.45) is 1.55. The second-order valence-corrected chi connectivity index (χ2v) is 4.42. The largest absolute Gasteiger partial charge is 0.382 e. The van der Waals surface area contributed by atoms with Gasteiger partial charge in [-0.1, -0.05) is 24.3 Å². The molecule has 1 aromatic carbocycles. The van der Waals surface area contributed by atoms with Crippen molar-refractivity contribution in [3.8, 4) is 0 Å². The maximum absolute atomic E-state index is 13.9. The van der Waals surface area contributed by atoms with Gasteiger partial charge in [-0.2, -0.15) is 4.39 Å². The third kappa shape index (κ3) is 3.08. The molecular weight excluding hydrogens is 260 g/mol. The zero-order valence-corrected chi connectivity index (χ0v) is 10.9. The molecule has 0 bridgehead atoms. The Morgan fingerprint density at radius 2 is 1.95 bits per heavy atom. The predicted molar refractivity (Wildman–Crippen MR) is 73.2 cm³/mol. The first-order chi connectivity index (χ1) is 9.63. The Morgan fingerprint density at radius 3 is 2.65 bits per heavy atom. The third-order valence-corrected chi connectivity index (χ3v) is 3.06. The van der Waals surface area contributed by atoms with Crippen LogP contribution in [0.25, 0.3) is 0 Å². The van der Waals surface area contributed by atoms with Crippen molar-refractivity contribution in [1.82, 2.24) is 4.98 Å². The monoisotopic (exact) mass is 275 g/mol. The summed E-state index contributed by atoms with van der Waals surface area (Å²) in [5, 5.41) is 10.3. The van der Waals surface area contributed by atoms with E-state index in [2.05, 4.69) is 11.6 Å². The van der Waals surface area contributed by atoms with Crippen LogP contribution in [0.3, 0.4) is 0 Å². The number of aliphatic hydroxyl groups excluding tert-OH is 1. The summed E-state index contributed by atoms with van der Waals surface area (Å²) in [4.78, 5) is 3.64. The second kappa shape index (κ2) is 6.39. The molecule has 0 aliphatic rings. The Labute approximate surface area is 116 Å². The highest BCUT2D eigenvalue weighted by atomic mass is 19.1. The first kappa shape index (κ1) is 14.3. The van der Waals surface area contributed by atoms with E-state index in [4.69, 9.17) is 0 Å². The average Bonchev–Trinajstić information content (AvgIpc) is 2.45. The highest BCUT2D eigenvalue weighted by molar-refractivity contribution is 5.35.